The first kappa shape index (κ1) is 18.0. The van der Waals surface area contributed by atoms with Gasteiger partial charge in [0, 0.05) is 15.7 Å². The number of hydrogen-bond acceptors (Lipinski definition) is 3. The maximum atomic E-state index is 12.5. The summed E-state index contributed by atoms with van der Waals surface area (Å²) in [5.41, 5.74) is 2.27. The minimum atomic E-state index is -0.212. The van der Waals surface area contributed by atoms with E-state index in [-0.39, 0.29) is 5.91 Å². The Bertz CT molecular complexity index is 897. The van der Waals surface area contributed by atoms with E-state index in [0.29, 0.717) is 29.4 Å². The van der Waals surface area contributed by atoms with Crippen molar-refractivity contribution < 1.29 is 14.3 Å². The summed E-state index contributed by atoms with van der Waals surface area (Å²) in [7, 11) is 1.56. The Morgan fingerprint density at radius 2 is 1.77 bits per heavy atom. The predicted octanol–water partition coefficient (Wildman–Crippen LogP) is 5.29. The highest BCUT2D eigenvalue weighted by molar-refractivity contribution is 9.10. The van der Waals surface area contributed by atoms with Gasteiger partial charge >= 0.3 is 0 Å². The van der Waals surface area contributed by atoms with Crippen LogP contribution in [-0.4, -0.2) is 13.0 Å². The van der Waals surface area contributed by atoms with Crippen LogP contribution in [-0.2, 0) is 6.61 Å². The van der Waals surface area contributed by atoms with Gasteiger partial charge in [0.1, 0.15) is 6.61 Å². The van der Waals surface area contributed by atoms with Crippen molar-refractivity contribution in [2.45, 2.75) is 6.61 Å². The molecule has 0 bridgehead atoms. The molecule has 0 spiro atoms. The van der Waals surface area contributed by atoms with E-state index < -0.39 is 0 Å². The standard InChI is InChI=1S/C21H18BrNO3/c1-25-20-12-16(21(24)23-18-9-5-8-17(22)13-18)10-11-19(20)26-14-15-6-3-2-4-7-15/h2-13H,14H2,1H3,(H,23,24). The minimum Gasteiger partial charge on any atom is -0.493 e. The van der Waals surface area contributed by atoms with Crippen molar-refractivity contribution in [2.24, 2.45) is 0 Å². The average molecular weight is 412 g/mol. The molecule has 1 N–H and O–H groups in total. The molecule has 0 aliphatic carbocycles. The smallest absolute Gasteiger partial charge is 0.255 e. The number of methoxy groups -OCH3 is 1. The first-order valence-corrected chi connectivity index (χ1v) is 8.86. The number of carbonyl (C=O) groups excluding carboxylic acids is 1. The number of ether oxygens (including phenoxy) is 2. The van der Waals surface area contributed by atoms with E-state index in [2.05, 4.69) is 21.2 Å². The van der Waals surface area contributed by atoms with Gasteiger partial charge in [0.15, 0.2) is 11.5 Å². The van der Waals surface area contributed by atoms with Crippen molar-refractivity contribution in [3.8, 4) is 11.5 Å². The number of nitrogens with one attached hydrogen (secondary N) is 1. The van der Waals surface area contributed by atoms with Crippen LogP contribution < -0.4 is 14.8 Å². The molecule has 0 saturated carbocycles. The van der Waals surface area contributed by atoms with Gasteiger partial charge in [0.2, 0.25) is 0 Å². The van der Waals surface area contributed by atoms with Gasteiger partial charge < -0.3 is 14.8 Å². The molecule has 0 unspecified atom stereocenters. The van der Waals surface area contributed by atoms with Gasteiger partial charge in [-0.3, -0.25) is 4.79 Å². The molecule has 0 radical (unpaired) electrons. The Morgan fingerprint density at radius 3 is 2.50 bits per heavy atom. The van der Waals surface area contributed by atoms with Crippen LogP contribution >= 0.6 is 15.9 Å². The molecule has 1 amide bonds. The lowest BCUT2D eigenvalue weighted by atomic mass is 10.1. The zero-order chi connectivity index (χ0) is 18.4. The Morgan fingerprint density at radius 1 is 0.962 bits per heavy atom. The number of benzene rings is 3. The molecule has 3 aromatic carbocycles. The van der Waals surface area contributed by atoms with Crippen LogP contribution in [0.15, 0.2) is 77.3 Å². The number of amides is 1. The molecule has 132 valence electrons. The first-order valence-electron chi connectivity index (χ1n) is 8.07. The Hall–Kier alpha value is -2.79. The van der Waals surface area contributed by atoms with Gasteiger partial charge in [0.25, 0.3) is 5.91 Å². The second-order valence-corrected chi connectivity index (χ2v) is 6.52. The fraction of sp³-hybridized carbons (Fsp3) is 0.0952. The van der Waals surface area contributed by atoms with Crippen LogP contribution in [0.25, 0.3) is 0 Å². The number of halogens is 1. The molecule has 0 fully saturated rings. The number of anilines is 1. The van der Waals surface area contributed by atoms with Crippen molar-refractivity contribution in [1.82, 2.24) is 0 Å². The number of carbonyl (C=O) groups is 1. The summed E-state index contributed by atoms with van der Waals surface area (Å²) in [6.45, 7) is 0.431. The summed E-state index contributed by atoms with van der Waals surface area (Å²) in [5.74, 6) is 0.897. The van der Waals surface area contributed by atoms with E-state index in [9.17, 15) is 4.79 Å². The molecule has 3 aromatic rings. The topological polar surface area (TPSA) is 47.6 Å². The molecular formula is C21H18BrNO3. The van der Waals surface area contributed by atoms with E-state index in [4.69, 9.17) is 9.47 Å². The summed E-state index contributed by atoms with van der Waals surface area (Å²) in [5, 5.41) is 2.86. The molecule has 0 heterocycles. The summed E-state index contributed by atoms with van der Waals surface area (Å²) < 4.78 is 12.1. The normalized spacial score (nSPS) is 10.2. The minimum absolute atomic E-state index is 0.212. The highest BCUT2D eigenvalue weighted by Crippen LogP contribution is 2.29. The highest BCUT2D eigenvalue weighted by atomic mass is 79.9. The van der Waals surface area contributed by atoms with E-state index in [1.54, 1.807) is 25.3 Å². The van der Waals surface area contributed by atoms with Crippen molar-refractivity contribution >= 4 is 27.5 Å². The molecule has 26 heavy (non-hydrogen) atoms. The average Bonchev–Trinajstić information content (AvgIpc) is 2.67. The lowest BCUT2D eigenvalue weighted by Crippen LogP contribution is -2.12. The van der Waals surface area contributed by atoms with Gasteiger partial charge in [0.05, 0.1) is 7.11 Å². The maximum Gasteiger partial charge on any atom is 0.255 e. The summed E-state index contributed by atoms with van der Waals surface area (Å²) in [4.78, 5) is 12.5. The predicted molar refractivity (Wildman–Crippen MR) is 106 cm³/mol. The van der Waals surface area contributed by atoms with Gasteiger partial charge in [-0.25, -0.2) is 0 Å². The number of hydrogen-bond donors (Lipinski definition) is 1. The van der Waals surface area contributed by atoms with Crippen LogP contribution in [0.4, 0.5) is 5.69 Å². The second kappa shape index (κ2) is 8.54. The molecule has 0 aliphatic heterocycles. The van der Waals surface area contributed by atoms with Gasteiger partial charge in [-0.2, -0.15) is 0 Å². The summed E-state index contributed by atoms with van der Waals surface area (Å²) >= 11 is 3.39. The van der Waals surface area contributed by atoms with Crippen LogP contribution in [0.2, 0.25) is 0 Å². The largest absolute Gasteiger partial charge is 0.493 e. The van der Waals surface area contributed by atoms with Gasteiger partial charge in [-0.1, -0.05) is 52.3 Å². The quantitative estimate of drug-likeness (QED) is 0.599. The van der Waals surface area contributed by atoms with Gasteiger partial charge in [-0.05, 0) is 42.0 Å². The first-order chi connectivity index (χ1) is 12.7. The monoisotopic (exact) mass is 411 g/mol. The molecule has 0 saturated heterocycles. The van der Waals surface area contributed by atoms with Crippen LogP contribution in [0.3, 0.4) is 0 Å². The zero-order valence-corrected chi connectivity index (χ0v) is 15.8. The molecule has 0 aromatic heterocycles. The Balaban J connectivity index is 1.72. The zero-order valence-electron chi connectivity index (χ0n) is 14.2. The molecule has 5 heteroatoms. The third-order valence-electron chi connectivity index (χ3n) is 3.75. The second-order valence-electron chi connectivity index (χ2n) is 5.60. The van der Waals surface area contributed by atoms with Crippen LogP contribution in [0.1, 0.15) is 15.9 Å². The molecule has 0 atom stereocenters. The molecule has 3 rings (SSSR count). The van der Waals surface area contributed by atoms with E-state index in [1.165, 1.54) is 0 Å². The Kier molecular flexibility index (Phi) is 5.92. The van der Waals surface area contributed by atoms with E-state index in [1.807, 2.05) is 54.6 Å². The lowest BCUT2D eigenvalue weighted by Gasteiger charge is -2.12. The van der Waals surface area contributed by atoms with Gasteiger partial charge in [-0.15, -0.1) is 0 Å². The maximum absolute atomic E-state index is 12.5. The van der Waals surface area contributed by atoms with Crippen molar-refractivity contribution in [1.29, 1.82) is 0 Å². The lowest BCUT2D eigenvalue weighted by molar-refractivity contribution is 0.102. The van der Waals surface area contributed by atoms with Crippen molar-refractivity contribution in [2.75, 3.05) is 12.4 Å². The van der Waals surface area contributed by atoms with E-state index in [0.717, 1.165) is 10.0 Å². The molecule has 4 nitrogen and oxygen atoms in total. The summed E-state index contributed by atoms with van der Waals surface area (Å²) in [6, 6.07) is 22.4. The third-order valence-corrected chi connectivity index (χ3v) is 4.24. The van der Waals surface area contributed by atoms with Crippen LogP contribution in [0, 0.1) is 0 Å². The number of rotatable bonds is 6. The fourth-order valence-corrected chi connectivity index (χ4v) is 2.83. The SMILES string of the molecule is COc1cc(C(=O)Nc2cccc(Br)c2)ccc1OCc1ccccc1. The van der Waals surface area contributed by atoms with Crippen molar-refractivity contribution in [3.63, 3.8) is 0 Å². The third kappa shape index (κ3) is 4.64. The molecule has 0 aliphatic rings. The highest BCUT2D eigenvalue weighted by Gasteiger charge is 2.12. The van der Waals surface area contributed by atoms with Crippen molar-refractivity contribution in [3.05, 3.63) is 88.4 Å². The van der Waals surface area contributed by atoms with Crippen LogP contribution in [0.5, 0.6) is 11.5 Å². The Labute approximate surface area is 160 Å². The van der Waals surface area contributed by atoms with E-state index >= 15 is 0 Å². The molecular weight excluding hydrogens is 394 g/mol. The fourth-order valence-electron chi connectivity index (χ4n) is 2.43. The summed E-state index contributed by atoms with van der Waals surface area (Å²) in [6.07, 6.45) is 0.